The Kier molecular flexibility index (Phi) is 2.61. The third kappa shape index (κ3) is 1.65. The van der Waals surface area contributed by atoms with E-state index in [9.17, 15) is 9.59 Å². The highest BCUT2D eigenvalue weighted by Crippen LogP contribution is 1.95. The Morgan fingerprint density at radius 2 is 2.11 bits per heavy atom. The number of halogens is 1. The molecular weight excluding hydrogens is 144 g/mol. The van der Waals surface area contributed by atoms with Crippen LogP contribution in [0.25, 0.3) is 0 Å². The SMILES string of the molecule is Cl.N[C@@H]1CC(=O)NC1=O. The standard InChI is InChI=1S/C4H6N2O2.ClH/c5-2-1-3(7)6-4(2)8;/h2H,1,5H2,(H,6,7,8);1H/t2-;/m1./s1. The molecule has 1 atom stereocenters. The highest BCUT2D eigenvalue weighted by molar-refractivity contribution is 6.05. The summed E-state index contributed by atoms with van der Waals surface area (Å²) in [6.45, 7) is 0. The number of carbonyl (C=O) groups is 2. The molecule has 1 heterocycles. The zero-order valence-electron chi connectivity index (χ0n) is 4.59. The minimum atomic E-state index is -0.609. The maximum absolute atomic E-state index is 10.3. The van der Waals surface area contributed by atoms with Crippen molar-refractivity contribution in [3.63, 3.8) is 0 Å². The molecule has 1 rings (SSSR count). The molecule has 0 saturated carbocycles. The van der Waals surface area contributed by atoms with Gasteiger partial charge in [0.2, 0.25) is 11.8 Å². The third-order valence-electron chi connectivity index (χ3n) is 1.00. The first-order valence-electron chi connectivity index (χ1n) is 2.29. The molecule has 1 aliphatic heterocycles. The Bertz CT molecular complexity index is 148. The first kappa shape index (κ1) is 8.39. The van der Waals surface area contributed by atoms with Gasteiger partial charge in [0.05, 0.1) is 12.5 Å². The molecule has 0 spiro atoms. The van der Waals surface area contributed by atoms with Crippen LogP contribution in [0.15, 0.2) is 0 Å². The zero-order chi connectivity index (χ0) is 6.15. The van der Waals surface area contributed by atoms with Gasteiger partial charge in [-0.2, -0.15) is 0 Å². The molecule has 5 heteroatoms. The predicted molar refractivity (Wildman–Crippen MR) is 33.0 cm³/mol. The van der Waals surface area contributed by atoms with E-state index in [2.05, 4.69) is 5.32 Å². The number of rotatable bonds is 0. The summed E-state index contributed by atoms with van der Waals surface area (Å²) in [6.07, 6.45) is 0.138. The lowest BCUT2D eigenvalue weighted by molar-refractivity contribution is -0.125. The van der Waals surface area contributed by atoms with Crippen LogP contribution in [0.2, 0.25) is 0 Å². The quantitative estimate of drug-likeness (QED) is 0.426. The number of nitrogens with two attached hydrogens (primary N) is 1. The maximum atomic E-state index is 10.3. The van der Waals surface area contributed by atoms with Crippen LogP contribution in [0.5, 0.6) is 0 Å². The van der Waals surface area contributed by atoms with Crippen LogP contribution in [-0.4, -0.2) is 17.9 Å². The van der Waals surface area contributed by atoms with Gasteiger partial charge in [0, 0.05) is 0 Å². The van der Waals surface area contributed by atoms with Crippen LogP contribution in [0.3, 0.4) is 0 Å². The molecule has 0 bridgehead atoms. The van der Waals surface area contributed by atoms with Crippen LogP contribution in [0.4, 0.5) is 0 Å². The van der Waals surface area contributed by atoms with Crippen LogP contribution in [0, 0.1) is 0 Å². The fourth-order valence-electron chi connectivity index (χ4n) is 0.574. The number of hydrogen-bond acceptors (Lipinski definition) is 3. The predicted octanol–water partition coefficient (Wildman–Crippen LogP) is -1.22. The van der Waals surface area contributed by atoms with E-state index >= 15 is 0 Å². The number of nitrogens with one attached hydrogen (secondary N) is 1. The van der Waals surface area contributed by atoms with Gasteiger partial charge in [0.15, 0.2) is 0 Å². The minimum absolute atomic E-state index is 0. The van der Waals surface area contributed by atoms with Crippen LogP contribution < -0.4 is 11.1 Å². The smallest absolute Gasteiger partial charge is 0.243 e. The molecule has 0 radical (unpaired) electrons. The molecule has 3 N–H and O–H groups in total. The second kappa shape index (κ2) is 2.80. The van der Waals surface area contributed by atoms with Crippen molar-refractivity contribution in [3.8, 4) is 0 Å². The monoisotopic (exact) mass is 150 g/mol. The summed E-state index contributed by atoms with van der Waals surface area (Å²) >= 11 is 0. The van der Waals surface area contributed by atoms with Crippen molar-refractivity contribution in [2.45, 2.75) is 12.5 Å². The van der Waals surface area contributed by atoms with Crippen molar-refractivity contribution < 1.29 is 9.59 Å². The summed E-state index contributed by atoms with van der Waals surface area (Å²) in [6, 6.07) is -0.609. The van der Waals surface area contributed by atoms with E-state index in [4.69, 9.17) is 5.73 Å². The van der Waals surface area contributed by atoms with E-state index in [0.717, 1.165) is 0 Å². The first-order chi connectivity index (χ1) is 3.70. The zero-order valence-corrected chi connectivity index (χ0v) is 5.40. The summed E-state index contributed by atoms with van der Waals surface area (Å²) in [5, 5.41) is 2.06. The van der Waals surface area contributed by atoms with E-state index in [1.54, 1.807) is 0 Å². The Labute approximate surface area is 58.2 Å². The van der Waals surface area contributed by atoms with Gasteiger partial charge in [0.1, 0.15) is 0 Å². The lowest BCUT2D eigenvalue weighted by Crippen LogP contribution is -2.30. The molecule has 4 nitrogen and oxygen atoms in total. The van der Waals surface area contributed by atoms with Gasteiger partial charge in [-0.05, 0) is 0 Å². The average molecular weight is 151 g/mol. The molecule has 52 valence electrons. The van der Waals surface area contributed by atoms with Gasteiger partial charge in [-0.25, -0.2) is 0 Å². The minimum Gasteiger partial charge on any atom is -0.319 e. The summed E-state index contributed by atoms with van der Waals surface area (Å²) < 4.78 is 0. The Balaban J connectivity index is 0.000000640. The van der Waals surface area contributed by atoms with E-state index in [-0.39, 0.29) is 30.6 Å². The fraction of sp³-hybridized carbons (Fsp3) is 0.500. The van der Waals surface area contributed by atoms with Crippen molar-refractivity contribution in [1.29, 1.82) is 0 Å². The number of imide groups is 1. The molecule has 1 fully saturated rings. The van der Waals surface area contributed by atoms with E-state index < -0.39 is 6.04 Å². The van der Waals surface area contributed by atoms with E-state index in [0.29, 0.717) is 0 Å². The Hall–Kier alpha value is -0.610. The van der Waals surface area contributed by atoms with Gasteiger partial charge in [-0.1, -0.05) is 0 Å². The van der Waals surface area contributed by atoms with Crippen LogP contribution in [-0.2, 0) is 9.59 Å². The second-order valence-electron chi connectivity index (χ2n) is 1.72. The highest BCUT2D eigenvalue weighted by atomic mass is 35.5. The molecule has 1 saturated heterocycles. The molecule has 0 aromatic heterocycles. The fourth-order valence-corrected chi connectivity index (χ4v) is 0.574. The largest absolute Gasteiger partial charge is 0.319 e. The van der Waals surface area contributed by atoms with Crippen molar-refractivity contribution in [1.82, 2.24) is 5.32 Å². The highest BCUT2D eigenvalue weighted by Gasteiger charge is 2.26. The maximum Gasteiger partial charge on any atom is 0.243 e. The summed E-state index contributed by atoms with van der Waals surface area (Å²) in [7, 11) is 0. The second-order valence-corrected chi connectivity index (χ2v) is 1.72. The van der Waals surface area contributed by atoms with Gasteiger partial charge in [0.25, 0.3) is 0 Å². The van der Waals surface area contributed by atoms with Crippen molar-refractivity contribution in [2.75, 3.05) is 0 Å². The van der Waals surface area contributed by atoms with E-state index in [1.165, 1.54) is 0 Å². The number of carbonyl (C=O) groups excluding carboxylic acids is 2. The summed E-state index contributed by atoms with van der Waals surface area (Å²) in [5.41, 5.74) is 5.14. The molecule has 0 aliphatic carbocycles. The normalized spacial score (nSPS) is 25.2. The molecule has 9 heavy (non-hydrogen) atoms. The van der Waals surface area contributed by atoms with Crippen molar-refractivity contribution in [2.24, 2.45) is 5.73 Å². The van der Waals surface area contributed by atoms with Gasteiger partial charge in [-0.3, -0.25) is 14.9 Å². The topological polar surface area (TPSA) is 72.2 Å². The molecule has 2 amide bonds. The van der Waals surface area contributed by atoms with Gasteiger partial charge < -0.3 is 5.73 Å². The van der Waals surface area contributed by atoms with Crippen LogP contribution in [0.1, 0.15) is 6.42 Å². The molecule has 0 aromatic carbocycles. The van der Waals surface area contributed by atoms with Crippen molar-refractivity contribution in [3.05, 3.63) is 0 Å². The first-order valence-corrected chi connectivity index (χ1v) is 2.29. The summed E-state index contributed by atoms with van der Waals surface area (Å²) in [4.78, 5) is 20.6. The number of hydrogen-bond donors (Lipinski definition) is 2. The van der Waals surface area contributed by atoms with Crippen LogP contribution >= 0.6 is 12.4 Å². The van der Waals surface area contributed by atoms with Gasteiger partial charge in [-0.15, -0.1) is 12.4 Å². The van der Waals surface area contributed by atoms with E-state index in [1.807, 2.05) is 0 Å². The number of amides is 2. The molecule has 0 aromatic rings. The third-order valence-corrected chi connectivity index (χ3v) is 1.00. The molecule has 0 unspecified atom stereocenters. The molecule has 1 aliphatic rings. The lowest BCUT2D eigenvalue weighted by atomic mass is 10.3. The average Bonchev–Trinajstić information content (AvgIpc) is 1.85. The summed E-state index contributed by atoms with van der Waals surface area (Å²) in [5.74, 6) is -0.641. The van der Waals surface area contributed by atoms with Gasteiger partial charge >= 0.3 is 0 Å². The lowest BCUT2D eigenvalue weighted by Gasteiger charge is -1.89. The Morgan fingerprint density at radius 3 is 2.22 bits per heavy atom. The Morgan fingerprint density at radius 1 is 1.56 bits per heavy atom. The van der Waals surface area contributed by atoms with Crippen molar-refractivity contribution >= 4 is 24.2 Å². The molecular formula is C4H7ClN2O2.